The molecule has 0 unspecified atom stereocenters. The zero-order valence-corrected chi connectivity index (χ0v) is 11.8. The Hall–Kier alpha value is -0.0400. The normalized spacial score (nSPS) is 23.6. The third-order valence-electron chi connectivity index (χ3n) is 4.59. The average Bonchev–Trinajstić information content (AvgIpc) is 2.21. The Balaban J connectivity index is 2.40. The largest absolute Gasteiger partial charge is 0.330 e. The highest BCUT2D eigenvalue weighted by molar-refractivity contribution is 4.89. The van der Waals surface area contributed by atoms with Gasteiger partial charge in [-0.25, -0.2) is 0 Å². The molecule has 0 atom stereocenters. The van der Waals surface area contributed by atoms with E-state index in [1.54, 1.807) is 0 Å². The van der Waals surface area contributed by atoms with Crippen LogP contribution < -0.4 is 5.73 Å². The topological polar surface area (TPSA) is 26.0 Å². The van der Waals surface area contributed by atoms with Crippen molar-refractivity contribution in [1.29, 1.82) is 0 Å². The van der Waals surface area contributed by atoms with Crippen LogP contribution in [0.2, 0.25) is 0 Å². The van der Waals surface area contributed by atoms with E-state index in [0.29, 0.717) is 10.8 Å². The van der Waals surface area contributed by atoms with Crippen LogP contribution in [-0.4, -0.2) is 6.54 Å². The van der Waals surface area contributed by atoms with E-state index >= 15 is 0 Å². The zero-order valence-electron chi connectivity index (χ0n) is 11.8. The van der Waals surface area contributed by atoms with Crippen molar-refractivity contribution in [3.8, 4) is 0 Å². The van der Waals surface area contributed by atoms with Gasteiger partial charge in [-0.15, -0.1) is 0 Å². The van der Waals surface area contributed by atoms with Gasteiger partial charge in [0.05, 0.1) is 0 Å². The maximum Gasteiger partial charge on any atom is -0.00205 e. The fourth-order valence-electron chi connectivity index (χ4n) is 2.90. The van der Waals surface area contributed by atoms with Gasteiger partial charge in [0.25, 0.3) is 0 Å². The third kappa shape index (κ3) is 4.08. The summed E-state index contributed by atoms with van der Waals surface area (Å²) in [6, 6.07) is 0. The molecule has 16 heavy (non-hydrogen) atoms. The Kier molecular flexibility index (Phi) is 4.85. The van der Waals surface area contributed by atoms with Crippen molar-refractivity contribution >= 4 is 0 Å². The number of rotatable bonds is 5. The molecule has 1 aliphatic carbocycles. The molecular formula is C15H31N. The summed E-state index contributed by atoms with van der Waals surface area (Å²) < 4.78 is 0. The number of hydrogen-bond acceptors (Lipinski definition) is 1. The first kappa shape index (κ1) is 14.0. The summed E-state index contributed by atoms with van der Waals surface area (Å²) in [7, 11) is 0. The summed E-state index contributed by atoms with van der Waals surface area (Å²) in [6.07, 6.45) is 9.54. The Morgan fingerprint density at radius 3 is 2.06 bits per heavy atom. The van der Waals surface area contributed by atoms with E-state index in [1.807, 2.05) is 0 Å². The maximum atomic E-state index is 6.04. The standard InChI is InChI=1S/C15H31N/c1-13(2)6-5-7-15(12-16)10-8-14(3,4)9-11-15/h13H,5-12,16H2,1-4H3. The van der Waals surface area contributed by atoms with Gasteiger partial charge in [-0.1, -0.05) is 40.5 Å². The van der Waals surface area contributed by atoms with E-state index in [9.17, 15) is 0 Å². The van der Waals surface area contributed by atoms with Crippen LogP contribution in [0.4, 0.5) is 0 Å². The van der Waals surface area contributed by atoms with Crippen molar-refractivity contribution in [1.82, 2.24) is 0 Å². The van der Waals surface area contributed by atoms with Gasteiger partial charge in [0.2, 0.25) is 0 Å². The van der Waals surface area contributed by atoms with E-state index in [1.165, 1.54) is 44.9 Å². The predicted octanol–water partition coefficient (Wildman–Crippen LogP) is 4.36. The molecule has 0 spiro atoms. The molecule has 0 aromatic rings. The molecular weight excluding hydrogens is 194 g/mol. The van der Waals surface area contributed by atoms with Crippen molar-refractivity contribution < 1.29 is 0 Å². The van der Waals surface area contributed by atoms with Crippen LogP contribution in [0.15, 0.2) is 0 Å². The van der Waals surface area contributed by atoms with Gasteiger partial charge < -0.3 is 5.73 Å². The van der Waals surface area contributed by atoms with Crippen molar-refractivity contribution in [3.63, 3.8) is 0 Å². The lowest BCUT2D eigenvalue weighted by molar-refractivity contribution is 0.0958. The Morgan fingerprint density at radius 1 is 1.06 bits per heavy atom. The van der Waals surface area contributed by atoms with Crippen LogP contribution in [0.25, 0.3) is 0 Å². The molecule has 1 heteroatoms. The highest BCUT2D eigenvalue weighted by Gasteiger charge is 2.36. The SMILES string of the molecule is CC(C)CCCC1(CN)CCC(C)(C)CC1. The van der Waals surface area contributed by atoms with Gasteiger partial charge in [-0.2, -0.15) is 0 Å². The van der Waals surface area contributed by atoms with Gasteiger partial charge >= 0.3 is 0 Å². The number of nitrogens with two attached hydrogens (primary N) is 1. The molecule has 0 aromatic carbocycles. The molecule has 0 aromatic heterocycles. The number of hydrogen-bond donors (Lipinski definition) is 1. The minimum absolute atomic E-state index is 0.490. The van der Waals surface area contributed by atoms with Gasteiger partial charge in [0.1, 0.15) is 0 Å². The smallest absolute Gasteiger partial charge is 0.00205 e. The molecule has 1 nitrogen and oxygen atoms in total. The first-order valence-electron chi connectivity index (χ1n) is 7.09. The minimum atomic E-state index is 0.490. The van der Waals surface area contributed by atoms with Crippen molar-refractivity contribution in [2.24, 2.45) is 22.5 Å². The first-order valence-corrected chi connectivity index (χ1v) is 7.09. The van der Waals surface area contributed by atoms with Crippen LogP contribution in [0.3, 0.4) is 0 Å². The molecule has 0 saturated heterocycles. The van der Waals surface area contributed by atoms with E-state index in [0.717, 1.165) is 12.5 Å². The Labute approximate surface area is 102 Å². The summed E-state index contributed by atoms with van der Waals surface area (Å²) in [5.41, 5.74) is 7.10. The maximum absolute atomic E-state index is 6.04. The van der Waals surface area contributed by atoms with E-state index in [4.69, 9.17) is 5.73 Å². The van der Waals surface area contributed by atoms with Crippen molar-refractivity contribution in [2.75, 3.05) is 6.54 Å². The second-order valence-corrected chi connectivity index (χ2v) is 7.15. The molecule has 96 valence electrons. The second-order valence-electron chi connectivity index (χ2n) is 7.15. The summed E-state index contributed by atoms with van der Waals surface area (Å²) in [5.74, 6) is 0.842. The Morgan fingerprint density at radius 2 is 1.62 bits per heavy atom. The third-order valence-corrected chi connectivity index (χ3v) is 4.59. The van der Waals surface area contributed by atoms with Crippen LogP contribution >= 0.6 is 0 Å². The lowest BCUT2D eigenvalue weighted by atomic mass is 9.63. The molecule has 1 saturated carbocycles. The van der Waals surface area contributed by atoms with E-state index < -0.39 is 0 Å². The average molecular weight is 225 g/mol. The molecule has 0 amide bonds. The van der Waals surface area contributed by atoms with Crippen molar-refractivity contribution in [2.45, 2.75) is 72.6 Å². The lowest BCUT2D eigenvalue weighted by Crippen LogP contribution is -2.37. The van der Waals surface area contributed by atoms with E-state index in [-0.39, 0.29) is 0 Å². The van der Waals surface area contributed by atoms with Gasteiger partial charge in [-0.3, -0.25) is 0 Å². The highest BCUT2D eigenvalue weighted by atomic mass is 14.6. The van der Waals surface area contributed by atoms with Gasteiger partial charge in [0.15, 0.2) is 0 Å². The minimum Gasteiger partial charge on any atom is -0.330 e. The van der Waals surface area contributed by atoms with Crippen LogP contribution in [0.1, 0.15) is 72.6 Å². The molecule has 0 aliphatic heterocycles. The molecule has 0 heterocycles. The molecule has 1 aliphatic rings. The fraction of sp³-hybridized carbons (Fsp3) is 1.00. The molecule has 0 radical (unpaired) electrons. The summed E-state index contributed by atoms with van der Waals surface area (Å²) >= 11 is 0. The van der Waals surface area contributed by atoms with Crippen molar-refractivity contribution in [3.05, 3.63) is 0 Å². The zero-order chi connectivity index (χ0) is 12.2. The Bertz CT molecular complexity index is 195. The summed E-state index contributed by atoms with van der Waals surface area (Å²) in [6.45, 7) is 10.3. The van der Waals surface area contributed by atoms with Crippen LogP contribution in [0, 0.1) is 16.7 Å². The van der Waals surface area contributed by atoms with Gasteiger partial charge in [0, 0.05) is 0 Å². The summed E-state index contributed by atoms with van der Waals surface area (Å²) in [5, 5.41) is 0. The van der Waals surface area contributed by atoms with Gasteiger partial charge in [-0.05, 0) is 55.4 Å². The first-order chi connectivity index (χ1) is 7.39. The molecule has 1 rings (SSSR count). The predicted molar refractivity (Wildman–Crippen MR) is 72.4 cm³/mol. The lowest BCUT2D eigenvalue weighted by Gasteiger charge is -2.43. The summed E-state index contributed by atoms with van der Waals surface area (Å²) in [4.78, 5) is 0. The second kappa shape index (κ2) is 5.53. The molecule has 0 bridgehead atoms. The monoisotopic (exact) mass is 225 g/mol. The molecule has 2 N–H and O–H groups in total. The molecule has 1 fully saturated rings. The quantitative estimate of drug-likeness (QED) is 0.739. The fourth-order valence-corrected chi connectivity index (χ4v) is 2.90. The van der Waals surface area contributed by atoms with E-state index in [2.05, 4.69) is 27.7 Å². The van der Waals surface area contributed by atoms with Crippen LogP contribution in [-0.2, 0) is 0 Å². The highest BCUT2D eigenvalue weighted by Crippen LogP contribution is 2.47. The van der Waals surface area contributed by atoms with Crippen LogP contribution in [0.5, 0.6) is 0 Å².